The number of carbonyl (C=O) groups excluding carboxylic acids is 1. The number of nitrogens with one attached hydrogen (secondary N) is 2. The zero-order valence-electron chi connectivity index (χ0n) is 18.0. The summed E-state index contributed by atoms with van der Waals surface area (Å²) in [6, 6.07) is 14.7. The third-order valence-corrected chi connectivity index (χ3v) is 5.59. The Hall–Kier alpha value is -2.87. The molecule has 0 spiro atoms. The molecule has 7 nitrogen and oxygen atoms in total. The van der Waals surface area contributed by atoms with Crippen molar-refractivity contribution >= 4 is 23.4 Å². The maximum atomic E-state index is 13.1. The average molecular weight is 458 g/mol. The first kappa shape index (κ1) is 23.8. The third kappa shape index (κ3) is 5.48. The van der Waals surface area contributed by atoms with Gasteiger partial charge >= 0.3 is 0 Å². The molecule has 0 unspecified atom stereocenters. The van der Waals surface area contributed by atoms with Crippen molar-refractivity contribution in [3.8, 4) is 5.75 Å². The molecule has 2 atom stereocenters. The number of nitrogens with zero attached hydrogens (tertiary/aromatic N) is 1. The minimum Gasteiger partial charge on any atom is -0.494 e. The largest absolute Gasteiger partial charge is 0.494 e. The van der Waals surface area contributed by atoms with Crippen LogP contribution in [0.15, 0.2) is 66.2 Å². The van der Waals surface area contributed by atoms with E-state index in [1.165, 1.54) is 0 Å². The summed E-state index contributed by atoms with van der Waals surface area (Å²) in [4.78, 5) is 17.8. The van der Waals surface area contributed by atoms with Crippen molar-refractivity contribution in [2.24, 2.45) is 4.99 Å². The smallest absolute Gasteiger partial charge is 0.266 e. The number of benzene rings is 2. The fraction of sp³-hybridized carbons (Fsp3) is 0.333. The van der Waals surface area contributed by atoms with E-state index in [0.29, 0.717) is 42.7 Å². The van der Waals surface area contributed by atoms with Gasteiger partial charge in [0.25, 0.3) is 5.91 Å². The molecule has 8 heteroatoms. The van der Waals surface area contributed by atoms with Gasteiger partial charge < -0.3 is 14.6 Å². The molecular weight excluding hydrogens is 430 g/mol. The molecule has 2 aromatic rings. The van der Waals surface area contributed by atoms with E-state index in [9.17, 15) is 4.79 Å². The molecule has 0 aromatic heterocycles. The summed E-state index contributed by atoms with van der Waals surface area (Å²) in [5.74, 6) is 0.770. The lowest BCUT2D eigenvalue weighted by molar-refractivity contribution is -0.129. The molecule has 170 valence electrons. The number of hydrogen-bond acceptors (Lipinski definition) is 6. The Morgan fingerprint density at radius 3 is 2.75 bits per heavy atom. The van der Waals surface area contributed by atoms with Crippen LogP contribution in [0.3, 0.4) is 0 Å². The molecule has 1 amide bonds. The van der Waals surface area contributed by atoms with E-state index >= 15 is 0 Å². The van der Waals surface area contributed by atoms with Crippen LogP contribution in [0.4, 0.5) is 0 Å². The Kier molecular flexibility index (Phi) is 8.27. The second-order valence-corrected chi connectivity index (χ2v) is 7.85. The van der Waals surface area contributed by atoms with E-state index in [0.717, 1.165) is 11.1 Å². The van der Waals surface area contributed by atoms with Crippen LogP contribution in [0.2, 0.25) is 5.02 Å². The molecule has 1 aliphatic heterocycles. The normalized spacial score (nSPS) is 19.7. The number of amides is 1. The van der Waals surface area contributed by atoms with Gasteiger partial charge in [-0.05, 0) is 42.8 Å². The summed E-state index contributed by atoms with van der Waals surface area (Å²) in [5.41, 5.74) is 6.15. The summed E-state index contributed by atoms with van der Waals surface area (Å²) in [5, 5.41) is 9.48. The first-order valence-corrected chi connectivity index (χ1v) is 10.9. The summed E-state index contributed by atoms with van der Waals surface area (Å²) in [6.07, 6.45) is 2.06. The quantitative estimate of drug-likeness (QED) is 0.273. The van der Waals surface area contributed by atoms with Gasteiger partial charge in [-0.1, -0.05) is 35.9 Å². The molecule has 1 aliphatic rings. The Labute approximate surface area is 193 Å². The van der Waals surface area contributed by atoms with Crippen molar-refractivity contribution in [3.63, 3.8) is 0 Å². The molecule has 32 heavy (non-hydrogen) atoms. The maximum Gasteiger partial charge on any atom is 0.266 e. The van der Waals surface area contributed by atoms with Gasteiger partial charge in [-0.3, -0.25) is 10.2 Å². The van der Waals surface area contributed by atoms with Crippen LogP contribution in [0.1, 0.15) is 30.9 Å². The van der Waals surface area contributed by atoms with E-state index < -0.39 is 11.6 Å². The van der Waals surface area contributed by atoms with Crippen LogP contribution in [0, 0.1) is 0 Å². The van der Waals surface area contributed by atoms with Crippen LogP contribution in [0.25, 0.3) is 0 Å². The van der Waals surface area contributed by atoms with Crippen molar-refractivity contribution in [1.82, 2.24) is 10.9 Å². The Balaban J connectivity index is 1.71. The molecule has 1 heterocycles. The van der Waals surface area contributed by atoms with Gasteiger partial charge in [0.2, 0.25) is 5.90 Å². The van der Waals surface area contributed by atoms with E-state index in [1.54, 1.807) is 12.1 Å². The number of aliphatic hydroxyl groups is 1. The number of aliphatic hydroxyl groups excluding tert-OH is 1. The topological polar surface area (TPSA) is 92.2 Å². The highest BCUT2D eigenvalue weighted by Crippen LogP contribution is 2.32. The number of halogens is 1. The van der Waals surface area contributed by atoms with Gasteiger partial charge in [-0.25, -0.2) is 10.4 Å². The van der Waals surface area contributed by atoms with E-state index in [1.807, 2.05) is 49.4 Å². The number of hydrogen-bond donors (Lipinski definition) is 3. The molecule has 2 aromatic carbocycles. The number of rotatable bonds is 11. The number of carbonyl (C=O) groups is 1. The number of ether oxygens (including phenoxy) is 2. The van der Waals surface area contributed by atoms with Gasteiger partial charge in [-0.15, -0.1) is 6.58 Å². The maximum absolute atomic E-state index is 13.1. The number of aliphatic imine (C=N–C) groups is 1. The van der Waals surface area contributed by atoms with Crippen molar-refractivity contribution in [2.75, 3.05) is 13.2 Å². The van der Waals surface area contributed by atoms with Crippen LogP contribution in [0.5, 0.6) is 5.75 Å². The lowest BCUT2D eigenvalue weighted by atomic mass is 9.90. The van der Waals surface area contributed by atoms with Crippen molar-refractivity contribution in [2.45, 2.75) is 38.0 Å². The predicted octanol–water partition coefficient (Wildman–Crippen LogP) is 3.40. The molecule has 0 saturated carbocycles. The van der Waals surface area contributed by atoms with Crippen LogP contribution in [-0.4, -0.2) is 41.8 Å². The van der Waals surface area contributed by atoms with Crippen molar-refractivity contribution < 1.29 is 19.4 Å². The second-order valence-electron chi connectivity index (χ2n) is 7.44. The van der Waals surface area contributed by atoms with Crippen LogP contribution in [-0.2, 0) is 16.1 Å². The standard InChI is InChI=1S/C24H28ClN3O4/c1-3-13-24(23(30)28-26-16-19-7-4-5-8-21(19)25)17(2)32-22(27-24)18-9-11-20(12-10-18)31-15-6-14-29/h3-5,7-12,17,26,29H,1,6,13-16H2,2H3,(H,28,30)/t17-,24-/m0/s1. The third-order valence-electron chi connectivity index (χ3n) is 5.22. The summed E-state index contributed by atoms with van der Waals surface area (Å²) in [6.45, 7) is 6.51. The van der Waals surface area contributed by atoms with Gasteiger partial charge in [0, 0.05) is 36.6 Å². The number of hydrazine groups is 1. The highest BCUT2D eigenvalue weighted by molar-refractivity contribution is 6.31. The summed E-state index contributed by atoms with van der Waals surface area (Å²) < 4.78 is 11.5. The minimum atomic E-state index is -1.14. The van der Waals surface area contributed by atoms with Gasteiger partial charge in [0.1, 0.15) is 11.9 Å². The molecule has 3 rings (SSSR count). The van der Waals surface area contributed by atoms with E-state index in [4.69, 9.17) is 26.2 Å². The highest BCUT2D eigenvalue weighted by Gasteiger charge is 2.49. The van der Waals surface area contributed by atoms with E-state index in [-0.39, 0.29) is 12.5 Å². The highest BCUT2D eigenvalue weighted by atomic mass is 35.5. The van der Waals surface area contributed by atoms with Crippen molar-refractivity contribution in [3.05, 3.63) is 77.3 Å². The predicted molar refractivity (Wildman–Crippen MR) is 125 cm³/mol. The van der Waals surface area contributed by atoms with E-state index in [2.05, 4.69) is 22.4 Å². The molecule has 0 fully saturated rings. The lowest BCUT2D eigenvalue weighted by Crippen LogP contribution is -2.54. The summed E-state index contributed by atoms with van der Waals surface area (Å²) >= 11 is 6.17. The fourth-order valence-electron chi connectivity index (χ4n) is 3.37. The molecule has 0 aliphatic carbocycles. The monoisotopic (exact) mass is 457 g/mol. The van der Waals surface area contributed by atoms with Crippen LogP contribution < -0.4 is 15.6 Å². The lowest BCUT2D eigenvalue weighted by Gasteiger charge is -2.27. The zero-order valence-corrected chi connectivity index (χ0v) is 18.8. The molecular formula is C24H28ClN3O4. The minimum absolute atomic E-state index is 0.0846. The second kappa shape index (κ2) is 11.1. The first-order valence-electron chi connectivity index (χ1n) is 10.5. The first-order chi connectivity index (χ1) is 15.5. The van der Waals surface area contributed by atoms with Gasteiger partial charge in [-0.2, -0.15) is 0 Å². The average Bonchev–Trinajstić information content (AvgIpc) is 3.13. The molecule has 0 radical (unpaired) electrons. The van der Waals surface area contributed by atoms with Gasteiger partial charge in [0.15, 0.2) is 5.54 Å². The summed E-state index contributed by atoms with van der Waals surface area (Å²) in [7, 11) is 0. The fourth-order valence-corrected chi connectivity index (χ4v) is 3.58. The van der Waals surface area contributed by atoms with Crippen molar-refractivity contribution in [1.29, 1.82) is 0 Å². The Morgan fingerprint density at radius 1 is 1.31 bits per heavy atom. The van der Waals surface area contributed by atoms with Crippen LogP contribution >= 0.6 is 11.6 Å². The Bertz CT molecular complexity index is 964. The SMILES string of the molecule is C=CC[C@]1(C(=O)NNCc2ccccc2Cl)N=C(c2ccc(OCCCO)cc2)O[C@H]1C. The molecule has 0 saturated heterocycles. The zero-order chi connectivity index (χ0) is 23.0. The Morgan fingerprint density at radius 2 is 2.06 bits per heavy atom. The molecule has 3 N–H and O–H groups in total. The van der Waals surface area contributed by atoms with Gasteiger partial charge in [0.05, 0.1) is 6.61 Å². The molecule has 0 bridgehead atoms.